The number of carbonyl (C=O) groups excluding carboxylic acids is 1. The average molecular weight is 495 g/mol. The number of halogens is 1. The molecule has 0 bridgehead atoms. The third kappa shape index (κ3) is 4.78. The first-order valence-electron chi connectivity index (χ1n) is 10.6. The van der Waals surface area contributed by atoms with Crippen LogP contribution in [-0.2, 0) is 15.0 Å². The van der Waals surface area contributed by atoms with Crippen molar-refractivity contribution in [2.45, 2.75) is 57.4 Å². The van der Waals surface area contributed by atoms with Crippen molar-refractivity contribution in [1.29, 1.82) is 0 Å². The molecule has 30 heavy (non-hydrogen) atoms. The molecule has 0 atom stereocenters. The summed E-state index contributed by atoms with van der Waals surface area (Å²) in [6.45, 7) is 1.53. The molecule has 1 aromatic carbocycles. The van der Waals surface area contributed by atoms with Gasteiger partial charge in [-0.1, -0.05) is 53.7 Å². The lowest BCUT2D eigenvalue weighted by Crippen LogP contribution is -2.49. The van der Waals surface area contributed by atoms with Gasteiger partial charge in [0.2, 0.25) is 0 Å². The normalized spacial score (nSPS) is 22.9. The van der Waals surface area contributed by atoms with E-state index >= 15 is 0 Å². The van der Waals surface area contributed by atoms with Crippen molar-refractivity contribution in [2.75, 3.05) is 13.1 Å². The molecule has 1 amide bonds. The highest BCUT2D eigenvalue weighted by atomic mass is 79.9. The molecule has 7 nitrogen and oxygen atoms in total. The maximum Gasteiger partial charge on any atom is 0.345 e. The van der Waals surface area contributed by atoms with Crippen molar-refractivity contribution in [3.05, 3.63) is 40.4 Å². The van der Waals surface area contributed by atoms with E-state index in [1.165, 1.54) is 4.31 Å². The molecule has 162 valence electrons. The summed E-state index contributed by atoms with van der Waals surface area (Å²) < 4.78 is 32.7. The monoisotopic (exact) mass is 494 g/mol. The quantitative estimate of drug-likeness (QED) is 0.692. The minimum Gasteiger partial charge on any atom is -0.283 e. The summed E-state index contributed by atoms with van der Waals surface area (Å²) in [6.07, 6.45) is 9.52. The van der Waals surface area contributed by atoms with E-state index in [0.717, 1.165) is 74.5 Å². The Morgan fingerprint density at radius 3 is 2.30 bits per heavy atom. The van der Waals surface area contributed by atoms with Gasteiger partial charge in [0.1, 0.15) is 5.71 Å². The Morgan fingerprint density at radius 1 is 1.00 bits per heavy atom. The van der Waals surface area contributed by atoms with Crippen molar-refractivity contribution in [3.8, 4) is 0 Å². The van der Waals surface area contributed by atoms with Gasteiger partial charge in [-0.2, -0.15) is 8.42 Å². The lowest BCUT2D eigenvalue weighted by atomic mass is 9.94. The Morgan fingerprint density at radius 2 is 1.63 bits per heavy atom. The van der Waals surface area contributed by atoms with Crippen LogP contribution in [0.5, 0.6) is 0 Å². The van der Waals surface area contributed by atoms with Gasteiger partial charge >= 0.3 is 10.2 Å². The third-order valence-corrected chi connectivity index (χ3v) is 7.82. The number of nitrogens with zero attached hydrogens (tertiary/aromatic N) is 3. The maximum atomic E-state index is 13.2. The molecule has 2 heterocycles. The molecule has 1 aromatic rings. The molecule has 2 aliphatic heterocycles. The van der Waals surface area contributed by atoms with Gasteiger partial charge < -0.3 is 0 Å². The summed E-state index contributed by atoms with van der Waals surface area (Å²) >= 11 is 3.43. The van der Waals surface area contributed by atoms with E-state index in [-0.39, 0.29) is 11.8 Å². The van der Waals surface area contributed by atoms with Crippen molar-refractivity contribution < 1.29 is 13.2 Å². The van der Waals surface area contributed by atoms with E-state index in [2.05, 4.69) is 25.8 Å². The van der Waals surface area contributed by atoms with Gasteiger partial charge in [0.15, 0.2) is 0 Å². The van der Waals surface area contributed by atoms with Crippen molar-refractivity contribution >= 4 is 43.5 Å². The van der Waals surface area contributed by atoms with Crippen molar-refractivity contribution in [2.24, 2.45) is 4.40 Å². The summed E-state index contributed by atoms with van der Waals surface area (Å²) in [4.78, 5) is 12.8. The first-order valence-corrected chi connectivity index (χ1v) is 12.8. The second-order valence-corrected chi connectivity index (χ2v) is 10.5. The molecule has 2 fully saturated rings. The van der Waals surface area contributed by atoms with Gasteiger partial charge in [-0.05, 0) is 49.5 Å². The fourth-order valence-corrected chi connectivity index (χ4v) is 6.09. The van der Waals surface area contributed by atoms with Crippen LogP contribution >= 0.6 is 15.9 Å². The van der Waals surface area contributed by atoms with E-state index < -0.39 is 16.1 Å². The highest BCUT2D eigenvalue weighted by Crippen LogP contribution is 2.35. The lowest BCUT2D eigenvalue weighted by Gasteiger charge is -2.37. The highest BCUT2D eigenvalue weighted by molar-refractivity contribution is 9.10. The summed E-state index contributed by atoms with van der Waals surface area (Å²) in [5.74, 6) is -0.474. The number of carbonyl (C=O) groups is 1. The van der Waals surface area contributed by atoms with Gasteiger partial charge in [0.25, 0.3) is 5.91 Å². The molecule has 0 aromatic heterocycles. The molecule has 0 radical (unpaired) electrons. The van der Waals surface area contributed by atoms with Crippen LogP contribution in [0.4, 0.5) is 0 Å². The summed E-state index contributed by atoms with van der Waals surface area (Å²) in [5.41, 5.74) is 4.04. The Bertz CT molecular complexity index is 947. The zero-order valence-corrected chi connectivity index (χ0v) is 19.3. The molecule has 0 unspecified atom stereocenters. The molecule has 9 heteroatoms. The number of piperidine rings is 1. The second kappa shape index (κ2) is 9.20. The van der Waals surface area contributed by atoms with Crippen LogP contribution in [0.1, 0.15) is 56.9 Å². The smallest absolute Gasteiger partial charge is 0.283 e. The Balaban J connectivity index is 1.68. The number of hydrazine groups is 1. The standard InChI is InChI=1S/C21H27BrN4O3S/c22-17-11-9-16(10-12-17)20-15-19(21(27)23-25-13-5-2-6-14-25)24-30(28,29)26(20)18-7-3-1-4-8-18/h9-12,15,18H,1-8,13-14H2,(H,23,27). The largest absolute Gasteiger partial charge is 0.345 e. The molecule has 1 aliphatic carbocycles. The fraction of sp³-hybridized carbons (Fsp3) is 0.524. The molecule has 1 saturated heterocycles. The Kier molecular flexibility index (Phi) is 6.60. The van der Waals surface area contributed by atoms with Gasteiger partial charge in [0, 0.05) is 23.6 Å². The van der Waals surface area contributed by atoms with Crippen LogP contribution in [0, 0.1) is 0 Å². The Labute approximate surface area is 186 Å². The fourth-order valence-electron chi connectivity index (χ4n) is 4.36. The van der Waals surface area contributed by atoms with Crippen molar-refractivity contribution in [3.63, 3.8) is 0 Å². The number of benzene rings is 1. The number of hydrogen-bond acceptors (Lipinski definition) is 4. The highest BCUT2D eigenvalue weighted by Gasteiger charge is 2.37. The zero-order valence-electron chi connectivity index (χ0n) is 16.9. The maximum absolute atomic E-state index is 13.2. The Hall–Kier alpha value is -1.71. The minimum absolute atomic E-state index is 0.0643. The summed E-state index contributed by atoms with van der Waals surface area (Å²) in [5, 5.41) is 1.85. The van der Waals surface area contributed by atoms with Gasteiger partial charge in [-0.15, -0.1) is 4.40 Å². The van der Waals surface area contributed by atoms with E-state index in [1.54, 1.807) is 6.08 Å². The van der Waals surface area contributed by atoms with E-state index in [4.69, 9.17) is 0 Å². The zero-order chi connectivity index (χ0) is 21.1. The molecular weight excluding hydrogens is 468 g/mol. The molecule has 4 rings (SSSR count). The van der Waals surface area contributed by atoms with Crippen LogP contribution in [0.3, 0.4) is 0 Å². The number of hydrogen-bond donors (Lipinski definition) is 1. The predicted octanol–water partition coefficient (Wildman–Crippen LogP) is 3.64. The second-order valence-electron chi connectivity index (χ2n) is 8.07. The van der Waals surface area contributed by atoms with Crippen LogP contribution in [0.25, 0.3) is 5.70 Å². The van der Waals surface area contributed by atoms with Crippen LogP contribution in [0.2, 0.25) is 0 Å². The number of nitrogens with one attached hydrogen (secondary N) is 1. The molecule has 0 spiro atoms. The molecule has 1 saturated carbocycles. The summed E-state index contributed by atoms with van der Waals surface area (Å²) in [7, 11) is -4.00. The molecule has 1 N–H and O–H groups in total. The average Bonchev–Trinajstić information content (AvgIpc) is 2.74. The first-order chi connectivity index (χ1) is 14.4. The topological polar surface area (TPSA) is 82.1 Å². The van der Waals surface area contributed by atoms with E-state index in [9.17, 15) is 13.2 Å². The number of rotatable bonds is 4. The van der Waals surface area contributed by atoms with E-state index in [1.807, 2.05) is 29.3 Å². The van der Waals surface area contributed by atoms with E-state index in [0.29, 0.717) is 5.70 Å². The number of amides is 1. The minimum atomic E-state index is -4.00. The predicted molar refractivity (Wildman–Crippen MR) is 121 cm³/mol. The first kappa shape index (κ1) is 21.5. The third-order valence-electron chi connectivity index (χ3n) is 5.87. The van der Waals surface area contributed by atoms with Crippen LogP contribution in [0.15, 0.2) is 39.2 Å². The van der Waals surface area contributed by atoms with Crippen LogP contribution in [-0.4, -0.2) is 48.5 Å². The lowest BCUT2D eigenvalue weighted by molar-refractivity contribution is -0.119. The van der Waals surface area contributed by atoms with Gasteiger partial charge in [-0.3, -0.25) is 10.2 Å². The van der Waals surface area contributed by atoms with Gasteiger partial charge in [-0.25, -0.2) is 9.31 Å². The molecule has 3 aliphatic rings. The van der Waals surface area contributed by atoms with Crippen molar-refractivity contribution in [1.82, 2.24) is 14.7 Å². The van der Waals surface area contributed by atoms with Gasteiger partial charge in [0.05, 0.1) is 5.70 Å². The molecular formula is C21H27BrN4O3S. The van der Waals surface area contributed by atoms with Crippen LogP contribution < -0.4 is 5.43 Å². The SMILES string of the molecule is O=C(NN1CCCCC1)C1=NS(=O)(=O)N(C2CCCCC2)C(c2ccc(Br)cc2)=C1. The summed E-state index contributed by atoms with van der Waals surface area (Å²) in [6, 6.07) is 7.36.